The number of aromatic nitrogens is 2. The van der Waals surface area contributed by atoms with E-state index in [1.165, 1.54) is 0 Å². The fraction of sp³-hybridized carbons (Fsp3) is 0.429. The Labute approximate surface area is 82.5 Å². The number of hydrogen-bond donors (Lipinski definition) is 1. The van der Waals surface area contributed by atoms with Crippen molar-refractivity contribution in [3.05, 3.63) is 5.82 Å². The normalized spacial score (nSPS) is 13.4. The second-order valence-electron chi connectivity index (χ2n) is 2.45. The molecule has 1 heterocycles. The van der Waals surface area contributed by atoms with E-state index in [1.807, 2.05) is 0 Å². The van der Waals surface area contributed by atoms with Crippen molar-refractivity contribution >= 4 is 16.7 Å². The summed E-state index contributed by atoms with van der Waals surface area (Å²) in [5.74, 6) is 1.16. The highest BCUT2D eigenvalue weighted by molar-refractivity contribution is 7.09. The molecule has 0 saturated heterocycles. The van der Waals surface area contributed by atoms with Crippen molar-refractivity contribution in [2.45, 2.75) is 19.1 Å². The average Bonchev–Trinajstić information content (AvgIpc) is 2.51. The van der Waals surface area contributed by atoms with Crippen LogP contribution in [0.2, 0.25) is 0 Å². The maximum absolute atomic E-state index is 12.0. The zero-order chi connectivity index (χ0) is 10.8. The molecular weight excluding hydrogens is 215 g/mol. The van der Waals surface area contributed by atoms with Crippen molar-refractivity contribution < 1.29 is 13.2 Å². The highest BCUT2D eigenvalue weighted by Crippen LogP contribution is 2.28. The summed E-state index contributed by atoms with van der Waals surface area (Å²) in [4.78, 5) is 3.25. The van der Waals surface area contributed by atoms with Gasteiger partial charge in [0.15, 0.2) is 0 Å². The topological polar surface area (TPSA) is 37.8 Å². The molecule has 1 unspecified atom stereocenters. The monoisotopic (exact) mass is 221 g/mol. The van der Waals surface area contributed by atoms with Gasteiger partial charge in [-0.3, -0.25) is 0 Å². The number of nitrogens with one attached hydrogen (secondary N) is 1. The maximum Gasteiger partial charge on any atom is 0.452 e. The van der Waals surface area contributed by atoms with Gasteiger partial charge >= 0.3 is 6.18 Å². The van der Waals surface area contributed by atoms with E-state index < -0.39 is 12.0 Å². The molecule has 0 bridgehead atoms. The lowest BCUT2D eigenvalue weighted by molar-refractivity contribution is -0.144. The van der Waals surface area contributed by atoms with E-state index in [-0.39, 0.29) is 11.2 Å². The summed E-state index contributed by atoms with van der Waals surface area (Å²) in [6, 6.07) is -0.371. The molecule has 3 nitrogen and oxygen atoms in total. The van der Waals surface area contributed by atoms with Crippen LogP contribution in [0.1, 0.15) is 12.7 Å². The molecule has 0 aliphatic rings. The second-order valence-corrected chi connectivity index (χ2v) is 3.21. The minimum Gasteiger partial charge on any atom is -0.347 e. The first kappa shape index (κ1) is 10.8. The number of rotatable bonds is 2. The predicted molar refractivity (Wildman–Crippen MR) is 46.8 cm³/mol. The van der Waals surface area contributed by atoms with E-state index in [0.717, 1.165) is 0 Å². The van der Waals surface area contributed by atoms with Gasteiger partial charge in [-0.25, -0.2) is 0 Å². The molecule has 76 valence electrons. The third-order valence-corrected chi connectivity index (χ3v) is 1.92. The summed E-state index contributed by atoms with van der Waals surface area (Å²) in [6.07, 6.45) is 0.530. The van der Waals surface area contributed by atoms with Crippen molar-refractivity contribution in [3.8, 4) is 12.3 Å². The van der Waals surface area contributed by atoms with Crippen molar-refractivity contribution in [1.82, 2.24) is 9.36 Å². The summed E-state index contributed by atoms with van der Waals surface area (Å²) in [7, 11) is 0. The quantitative estimate of drug-likeness (QED) is 0.776. The molecule has 0 amide bonds. The Kier molecular flexibility index (Phi) is 2.96. The second kappa shape index (κ2) is 3.84. The molecule has 0 radical (unpaired) electrons. The van der Waals surface area contributed by atoms with E-state index in [9.17, 15) is 13.2 Å². The SMILES string of the molecule is C#CC(C)Nc1nc(C(F)(F)F)ns1. The standard InChI is InChI=1S/C7H6F3N3S/c1-3-4(2)11-6-12-5(13-14-6)7(8,9)10/h1,4H,2H3,(H,11,12,13). The van der Waals surface area contributed by atoms with E-state index in [2.05, 4.69) is 20.6 Å². The number of alkyl halides is 3. The Bertz CT molecular complexity index is 352. The van der Waals surface area contributed by atoms with Crippen LogP contribution in [0.25, 0.3) is 0 Å². The average molecular weight is 221 g/mol. The van der Waals surface area contributed by atoms with Gasteiger partial charge in [-0.1, -0.05) is 5.92 Å². The third-order valence-electron chi connectivity index (χ3n) is 1.27. The molecule has 1 atom stereocenters. The Morgan fingerprint density at radius 3 is 2.64 bits per heavy atom. The van der Waals surface area contributed by atoms with Crippen molar-refractivity contribution in [3.63, 3.8) is 0 Å². The number of nitrogens with zero attached hydrogens (tertiary/aromatic N) is 2. The Morgan fingerprint density at radius 1 is 1.57 bits per heavy atom. The molecule has 0 spiro atoms. The Balaban J connectivity index is 2.75. The summed E-state index contributed by atoms with van der Waals surface area (Å²) < 4.78 is 39.3. The first-order valence-electron chi connectivity index (χ1n) is 3.57. The molecule has 1 N–H and O–H groups in total. The smallest absolute Gasteiger partial charge is 0.347 e. The maximum atomic E-state index is 12.0. The summed E-state index contributed by atoms with van der Waals surface area (Å²) in [5, 5.41) is 2.66. The molecule has 0 aromatic carbocycles. The highest BCUT2D eigenvalue weighted by atomic mass is 32.1. The van der Waals surface area contributed by atoms with E-state index in [1.54, 1.807) is 6.92 Å². The van der Waals surface area contributed by atoms with Gasteiger partial charge < -0.3 is 5.32 Å². The molecular formula is C7H6F3N3S. The van der Waals surface area contributed by atoms with Crippen molar-refractivity contribution in [2.24, 2.45) is 0 Å². The van der Waals surface area contributed by atoms with E-state index >= 15 is 0 Å². The summed E-state index contributed by atoms with van der Waals surface area (Å²) in [5.41, 5.74) is 0. The zero-order valence-electron chi connectivity index (χ0n) is 7.09. The Morgan fingerprint density at radius 2 is 2.21 bits per heavy atom. The third kappa shape index (κ3) is 2.60. The lowest BCUT2D eigenvalue weighted by Gasteiger charge is -2.03. The van der Waals surface area contributed by atoms with Gasteiger partial charge in [-0.05, 0) is 6.92 Å². The first-order chi connectivity index (χ1) is 6.43. The van der Waals surface area contributed by atoms with Gasteiger partial charge in [0, 0.05) is 11.5 Å². The Hall–Kier alpha value is -1.29. The molecule has 0 aliphatic heterocycles. The van der Waals surface area contributed by atoms with Crippen LogP contribution in [0, 0.1) is 12.3 Å². The van der Waals surface area contributed by atoms with Gasteiger partial charge in [0.1, 0.15) is 0 Å². The van der Waals surface area contributed by atoms with Crippen LogP contribution in [0.5, 0.6) is 0 Å². The summed E-state index contributed by atoms with van der Waals surface area (Å²) >= 11 is 0.632. The van der Waals surface area contributed by atoms with Crippen LogP contribution in [0.4, 0.5) is 18.3 Å². The van der Waals surface area contributed by atoms with E-state index in [4.69, 9.17) is 6.42 Å². The van der Waals surface area contributed by atoms with Gasteiger partial charge in [-0.2, -0.15) is 22.5 Å². The number of terminal acetylenes is 1. The molecule has 1 rings (SSSR count). The van der Waals surface area contributed by atoms with Gasteiger partial charge in [-0.15, -0.1) is 6.42 Å². The van der Waals surface area contributed by atoms with Crippen molar-refractivity contribution in [1.29, 1.82) is 0 Å². The van der Waals surface area contributed by atoms with Crippen LogP contribution in [-0.2, 0) is 6.18 Å². The highest BCUT2D eigenvalue weighted by Gasteiger charge is 2.36. The van der Waals surface area contributed by atoms with Crippen LogP contribution in [0.3, 0.4) is 0 Å². The first-order valence-corrected chi connectivity index (χ1v) is 4.34. The molecule has 0 saturated carbocycles. The number of anilines is 1. The molecule has 1 aromatic heterocycles. The molecule has 14 heavy (non-hydrogen) atoms. The number of hydrogen-bond acceptors (Lipinski definition) is 4. The molecule has 0 fully saturated rings. The van der Waals surface area contributed by atoms with Gasteiger partial charge in [0.05, 0.1) is 6.04 Å². The predicted octanol–water partition coefficient (Wildman–Crippen LogP) is 1.99. The summed E-state index contributed by atoms with van der Waals surface area (Å²) in [6.45, 7) is 1.63. The number of halogens is 3. The van der Waals surface area contributed by atoms with Gasteiger partial charge in [0.2, 0.25) is 11.0 Å². The molecule has 7 heteroatoms. The lowest BCUT2D eigenvalue weighted by atomic mass is 10.4. The van der Waals surface area contributed by atoms with E-state index in [0.29, 0.717) is 11.5 Å². The van der Waals surface area contributed by atoms with Gasteiger partial charge in [0.25, 0.3) is 0 Å². The van der Waals surface area contributed by atoms with Crippen LogP contribution in [0.15, 0.2) is 0 Å². The fourth-order valence-electron chi connectivity index (χ4n) is 0.624. The molecule has 1 aromatic rings. The van der Waals surface area contributed by atoms with Crippen LogP contribution in [-0.4, -0.2) is 15.4 Å². The fourth-order valence-corrected chi connectivity index (χ4v) is 1.30. The largest absolute Gasteiger partial charge is 0.452 e. The minimum absolute atomic E-state index is 0.0720. The van der Waals surface area contributed by atoms with Crippen molar-refractivity contribution in [2.75, 3.05) is 5.32 Å². The van der Waals surface area contributed by atoms with Crippen LogP contribution < -0.4 is 5.32 Å². The zero-order valence-corrected chi connectivity index (χ0v) is 7.91. The van der Waals surface area contributed by atoms with Crippen LogP contribution >= 0.6 is 11.5 Å². The minimum atomic E-state index is -4.50. The lowest BCUT2D eigenvalue weighted by Crippen LogP contribution is -2.12. The molecule has 0 aliphatic carbocycles.